The highest BCUT2D eigenvalue weighted by Crippen LogP contribution is 2.23. The lowest BCUT2D eigenvalue weighted by molar-refractivity contribution is -0.380. The molecule has 78 valence electrons. The first kappa shape index (κ1) is 10.3. The van der Waals surface area contributed by atoms with Gasteiger partial charge in [-0.3, -0.25) is 14.8 Å². The van der Waals surface area contributed by atoms with Gasteiger partial charge in [-0.1, -0.05) is 11.3 Å². The summed E-state index contributed by atoms with van der Waals surface area (Å²) in [5.74, 6) is 0. The molecule has 2 rings (SSSR count). The van der Waals surface area contributed by atoms with E-state index in [0.717, 1.165) is 21.4 Å². The first-order valence-corrected chi connectivity index (χ1v) is 5.72. The van der Waals surface area contributed by atoms with Crippen molar-refractivity contribution in [3.63, 3.8) is 0 Å². The Labute approximate surface area is 97.6 Å². The molecule has 0 N–H and O–H groups in total. The lowest BCUT2D eigenvalue weighted by atomic mass is 10.3. The van der Waals surface area contributed by atoms with Crippen LogP contribution >= 0.6 is 27.3 Å². The molecule has 2 aromatic heterocycles. The third-order valence-electron chi connectivity index (χ3n) is 1.77. The van der Waals surface area contributed by atoms with E-state index in [9.17, 15) is 10.1 Å². The van der Waals surface area contributed by atoms with Gasteiger partial charge in [0, 0.05) is 17.6 Å². The molecular formula is C8H6BrN3O2S. The average Bonchev–Trinajstić information content (AvgIpc) is 2.76. The van der Waals surface area contributed by atoms with Gasteiger partial charge in [-0.05, 0) is 21.5 Å². The van der Waals surface area contributed by atoms with Gasteiger partial charge in [0.1, 0.15) is 0 Å². The molecule has 0 aliphatic heterocycles. The Balaban J connectivity index is 2.14. The molecule has 0 spiro atoms. The number of hydrogen-bond acceptors (Lipinski definition) is 4. The van der Waals surface area contributed by atoms with Crippen molar-refractivity contribution in [3.8, 4) is 0 Å². The molecule has 0 fully saturated rings. The summed E-state index contributed by atoms with van der Waals surface area (Å²) in [6.45, 7) is 0.552. The minimum atomic E-state index is -0.382. The predicted molar refractivity (Wildman–Crippen MR) is 60.0 cm³/mol. The van der Waals surface area contributed by atoms with Crippen molar-refractivity contribution in [2.24, 2.45) is 0 Å². The number of halogens is 1. The van der Waals surface area contributed by atoms with Gasteiger partial charge >= 0.3 is 5.00 Å². The number of rotatable bonds is 3. The normalized spacial score (nSPS) is 10.5. The molecule has 0 aromatic carbocycles. The zero-order valence-electron chi connectivity index (χ0n) is 7.46. The zero-order chi connectivity index (χ0) is 10.8. The first-order chi connectivity index (χ1) is 7.15. The predicted octanol–water partition coefficient (Wildman–Crippen LogP) is 2.66. The number of nitro groups is 1. The summed E-state index contributed by atoms with van der Waals surface area (Å²) in [6, 6.07) is 1.57. The second-order valence-corrected chi connectivity index (χ2v) is 4.71. The van der Waals surface area contributed by atoms with Crippen LogP contribution in [0.3, 0.4) is 0 Å². The third-order valence-corrected chi connectivity index (χ3v) is 3.10. The Bertz CT molecular complexity index is 494. The summed E-state index contributed by atoms with van der Waals surface area (Å²) in [7, 11) is 0. The van der Waals surface area contributed by atoms with Crippen molar-refractivity contribution in [2.45, 2.75) is 6.54 Å². The molecule has 5 nitrogen and oxygen atoms in total. The topological polar surface area (TPSA) is 61.0 Å². The molecule has 0 bridgehead atoms. The van der Waals surface area contributed by atoms with Crippen molar-refractivity contribution in [2.75, 3.05) is 0 Å². The SMILES string of the molecule is O=[N+]([O-])c1cc(Cn2cc(Br)cn2)cs1. The number of hydrogen-bond donors (Lipinski definition) is 0. The van der Waals surface area contributed by atoms with Crippen LogP contribution in [0.25, 0.3) is 0 Å². The second-order valence-electron chi connectivity index (χ2n) is 2.91. The van der Waals surface area contributed by atoms with Gasteiger partial charge in [-0.2, -0.15) is 5.10 Å². The summed E-state index contributed by atoms with van der Waals surface area (Å²) in [5, 5.41) is 16.5. The number of nitrogens with zero attached hydrogens (tertiary/aromatic N) is 3. The van der Waals surface area contributed by atoms with Crippen LogP contribution in [0.5, 0.6) is 0 Å². The summed E-state index contributed by atoms with van der Waals surface area (Å²) < 4.78 is 2.61. The molecule has 0 saturated heterocycles. The Hall–Kier alpha value is -1.21. The Kier molecular flexibility index (Phi) is 2.83. The third kappa shape index (κ3) is 2.42. The van der Waals surface area contributed by atoms with E-state index in [-0.39, 0.29) is 9.92 Å². The lowest BCUT2D eigenvalue weighted by Crippen LogP contribution is -1.98. The maximum absolute atomic E-state index is 10.5. The molecule has 0 aliphatic rings. The second kappa shape index (κ2) is 4.11. The lowest BCUT2D eigenvalue weighted by Gasteiger charge is -1.95. The van der Waals surface area contributed by atoms with Gasteiger partial charge in [-0.25, -0.2) is 0 Å². The van der Waals surface area contributed by atoms with Gasteiger partial charge in [0.05, 0.1) is 22.1 Å². The number of thiophene rings is 1. The van der Waals surface area contributed by atoms with Crippen molar-refractivity contribution >= 4 is 32.3 Å². The summed E-state index contributed by atoms with van der Waals surface area (Å²) in [4.78, 5) is 10.1. The molecule has 0 aliphatic carbocycles. The van der Waals surface area contributed by atoms with Crippen LogP contribution < -0.4 is 0 Å². The van der Waals surface area contributed by atoms with Crippen molar-refractivity contribution in [1.82, 2.24) is 9.78 Å². The van der Waals surface area contributed by atoms with Gasteiger partial charge in [0.25, 0.3) is 0 Å². The fourth-order valence-corrected chi connectivity index (χ4v) is 2.20. The summed E-state index contributed by atoms with van der Waals surface area (Å²) in [5.41, 5.74) is 0.891. The van der Waals surface area contributed by atoms with E-state index in [1.165, 1.54) is 0 Å². The summed E-state index contributed by atoms with van der Waals surface area (Å²) >= 11 is 4.42. The molecule has 0 saturated carbocycles. The van der Waals surface area contributed by atoms with E-state index in [1.807, 2.05) is 6.20 Å². The molecule has 2 heterocycles. The summed E-state index contributed by atoms with van der Waals surface area (Å²) in [6.07, 6.45) is 3.50. The van der Waals surface area contributed by atoms with E-state index in [0.29, 0.717) is 6.54 Å². The van der Waals surface area contributed by atoms with Crippen LogP contribution in [-0.4, -0.2) is 14.7 Å². The quantitative estimate of drug-likeness (QED) is 0.644. The molecule has 0 amide bonds. The van der Waals surface area contributed by atoms with Crippen molar-refractivity contribution in [1.29, 1.82) is 0 Å². The molecule has 7 heteroatoms. The molecule has 0 atom stereocenters. The fraction of sp³-hybridized carbons (Fsp3) is 0.125. The van der Waals surface area contributed by atoms with Gasteiger partial charge < -0.3 is 0 Å². The van der Waals surface area contributed by atoms with Gasteiger partial charge in [0.15, 0.2) is 0 Å². The molecule has 0 unspecified atom stereocenters. The minimum absolute atomic E-state index is 0.163. The van der Waals surface area contributed by atoms with Crippen LogP contribution in [0.4, 0.5) is 5.00 Å². The van der Waals surface area contributed by atoms with E-state index in [2.05, 4.69) is 21.0 Å². The van der Waals surface area contributed by atoms with Gasteiger partial charge in [0.2, 0.25) is 0 Å². The Morgan fingerprint density at radius 1 is 1.67 bits per heavy atom. The average molecular weight is 288 g/mol. The minimum Gasteiger partial charge on any atom is -0.267 e. The Morgan fingerprint density at radius 2 is 2.47 bits per heavy atom. The first-order valence-electron chi connectivity index (χ1n) is 4.05. The number of aromatic nitrogens is 2. The monoisotopic (exact) mass is 287 g/mol. The van der Waals surface area contributed by atoms with E-state index >= 15 is 0 Å². The van der Waals surface area contributed by atoms with Crippen LogP contribution in [-0.2, 0) is 6.54 Å². The van der Waals surface area contributed by atoms with Crippen LogP contribution in [0.2, 0.25) is 0 Å². The van der Waals surface area contributed by atoms with E-state index < -0.39 is 0 Å². The highest BCUT2D eigenvalue weighted by atomic mass is 79.9. The molecule has 2 aromatic rings. The highest BCUT2D eigenvalue weighted by Gasteiger charge is 2.09. The molecule has 15 heavy (non-hydrogen) atoms. The highest BCUT2D eigenvalue weighted by molar-refractivity contribution is 9.10. The van der Waals surface area contributed by atoms with Crippen LogP contribution in [0, 0.1) is 10.1 Å². The maximum atomic E-state index is 10.5. The standard InChI is InChI=1S/C8H6BrN3O2S/c9-7-2-10-11(4-7)3-6-1-8(12(13)14)15-5-6/h1-2,4-5H,3H2. The van der Waals surface area contributed by atoms with Gasteiger partial charge in [-0.15, -0.1) is 0 Å². The zero-order valence-corrected chi connectivity index (χ0v) is 9.86. The van der Waals surface area contributed by atoms with E-state index in [4.69, 9.17) is 0 Å². The van der Waals surface area contributed by atoms with E-state index in [1.54, 1.807) is 22.3 Å². The molecule has 0 radical (unpaired) electrons. The maximum Gasteiger partial charge on any atom is 0.324 e. The van der Waals surface area contributed by atoms with Crippen molar-refractivity contribution in [3.05, 3.63) is 44.0 Å². The van der Waals surface area contributed by atoms with Crippen LogP contribution in [0.1, 0.15) is 5.56 Å². The Morgan fingerprint density at radius 3 is 3.00 bits per heavy atom. The largest absolute Gasteiger partial charge is 0.324 e. The van der Waals surface area contributed by atoms with Crippen LogP contribution in [0.15, 0.2) is 28.3 Å². The fourth-order valence-electron chi connectivity index (χ4n) is 1.15. The molecular weight excluding hydrogens is 282 g/mol. The smallest absolute Gasteiger partial charge is 0.267 e. The van der Waals surface area contributed by atoms with Crippen molar-refractivity contribution < 1.29 is 4.92 Å².